The van der Waals surface area contributed by atoms with E-state index < -0.39 is 0 Å². The number of imide groups is 1. The highest BCUT2D eigenvalue weighted by Crippen LogP contribution is 2.29. The Morgan fingerprint density at radius 3 is 2.18 bits per heavy atom. The van der Waals surface area contributed by atoms with Gasteiger partial charge in [-0.15, -0.1) is 0 Å². The molecular weight excluding hydrogens is 352 g/mol. The maximum Gasteiger partial charge on any atom is 0.266 e. The number of nitrogens with one attached hydrogen (secondary N) is 1. The number of hydrogen-bond donors (Lipinski definition) is 1. The number of hydrogen-bond acceptors (Lipinski definition) is 3. The number of benzene rings is 3. The first-order valence-corrected chi connectivity index (χ1v) is 9.07. The number of rotatable bonds is 4. The number of fused-ring (bicyclic) bond motifs is 1. The van der Waals surface area contributed by atoms with Gasteiger partial charge in [0.1, 0.15) is 0 Å². The maximum atomic E-state index is 12.7. The maximum absolute atomic E-state index is 12.7. The van der Waals surface area contributed by atoms with Crippen LogP contribution >= 0.6 is 0 Å². The minimum atomic E-state index is -0.380. The van der Waals surface area contributed by atoms with Crippen LogP contribution in [0.25, 0.3) is 0 Å². The van der Waals surface area contributed by atoms with E-state index in [0.29, 0.717) is 22.4 Å². The van der Waals surface area contributed by atoms with E-state index in [0.717, 1.165) is 22.6 Å². The van der Waals surface area contributed by atoms with Crippen LogP contribution in [0.2, 0.25) is 0 Å². The van der Waals surface area contributed by atoms with Gasteiger partial charge in [-0.05, 0) is 48.4 Å². The number of aryl methyl sites for hydroxylation is 1. The highest BCUT2D eigenvalue weighted by Gasteiger charge is 2.36. The molecule has 1 N–H and O–H groups in total. The van der Waals surface area contributed by atoms with Crippen LogP contribution in [-0.4, -0.2) is 17.7 Å². The summed E-state index contributed by atoms with van der Waals surface area (Å²) in [5.41, 5.74) is 3.29. The molecule has 3 aromatic rings. The van der Waals surface area contributed by atoms with Gasteiger partial charge in [-0.2, -0.15) is 0 Å². The number of anilines is 2. The van der Waals surface area contributed by atoms with Gasteiger partial charge >= 0.3 is 0 Å². The fraction of sp³-hybridized carbons (Fsp3) is 0.0870. The molecule has 3 aromatic carbocycles. The van der Waals surface area contributed by atoms with Crippen LogP contribution in [-0.2, 0) is 6.42 Å². The highest BCUT2D eigenvalue weighted by molar-refractivity contribution is 6.34. The number of carbonyl (C=O) groups excluding carboxylic acids is 3. The summed E-state index contributed by atoms with van der Waals surface area (Å²) in [6.07, 6.45) is 0.797. The Balaban J connectivity index is 1.63. The van der Waals surface area contributed by atoms with Gasteiger partial charge in [0.15, 0.2) is 0 Å². The first kappa shape index (κ1) is 17.7. The van der Waals surface area contributed by atoms with Crippen molar-refractivity contribution < 1.29 is 14.4 Å². The van der Waals surface area contributed by atoms with Crippen LogP contribution in [0.5, 0.6) is 0 Å². The fourth-order valence-electron chi connectivity index (χ4n) is 3.36. The average Bonchev–Trinajstić information content (AvgIpc) is 2.99. The Morgan fingerprint density at radius 2 is 1.50 bits per heavy atom. The third-order valence-corrected chi connectivity index (χ3v) is 4.81. The zero-order chi connectivity index (χ0) is 19.7. The molecule has 1 aliphatic heterocycles. The lowest BCUT2D eigenvalue weighted by Crippen LogP contribution is -2.29. The lowest BCUT2D eigenvalue weighted by molar-refractivity contribution is 0.0924. The van der Waals surface area contributed by atoms with Crippen molar-refractivity contribution in [1.82, 2.24) is 0 Å². The van der Waals surface area contributed by atoms with Crippen molar-refractivity contribution in [1.29, 1.82) is 0 Å². The van der Waals surface area contributed by atoms with E-state index in [1.165, 1.54) is 0 Å². The molecule has 0 saturated carbocycles. The first-order valence-electron chi connectivity index (χ1n) is 9.07. The Labute approximate surface area is 162 Å². The second-order valence-electron chi connectivity index (χ2n) is 6.51. The Hall–Kier alpha value is -3.73. The summed E-state index contributed by atoms with van der Waals surface area (Å²) >= 11 is 0. The number of carbonyl (C=O) groups is 3. The molecule has 1 aliphatic rings. The molecule has 0 aliphatic carbocycles. The van der Waals surface area contributed by atoms with Crippen LogP contribution in [0.4, 0.5) is 11.4 Å². The first-order chi connectivity index (χ1) is 13.6. The quantitative estimate of drug-likeness (QED) is 0.696. The molecule has 5 nitrogen and oxygen atoms in total. The van der Waals surface area contributed by atoms with Crippen LogP contribution in [0.1, 0.15) is 43.6 Å². The zero-order valence-electron chi connectivity index (χ0n) is 15.3. The van der Waals surface area contributed by atoms with Crippen molar-refractivity contribution in [2.24, 2.45) is 0 Å². The predicted molar refractivity (Wildman–Crippen MR) is 108 cm³/mol. The molecule has 3 amide bonds. The van der Waals surface area contributed by atoms with E-state index >= 15 is 0 Å². The molecule has 28 heavy (non-hydrogen) atoms. The number of amides is 3. The lowest BCUT2D eigenvalue weighted by Gasteiger charge is -2.15. The molecule has 0 saturated heterocycles. The molecule has 0 aromatic heterocycles. The number of nitrogens with zero attached hydrogens (tertiary/aromatic N) is 1. The Bertz CT molecular complexity index is 1070. The van der Waals surface area contributed by atoms with Crippen molar-refractivity contribution in [2.75, 3.05) is 10.2 Å². The summed E-state index contributed by atoms with van der Waals surface area (Å²) in [5.74, 6) is -1.05. The molecule has 1 heterocycles. The van der Waals surface area contributed by atoms with Gasteiger partial charge < -0.3 is 5.32 Å². The molecule has 0 atom stereocenters. The van der Waals surface area contributed by atoms with Gasteiger partial charge in [0.25, 0.3) is 17.7 Å². The average molecular weight is 370 g/mol. The molecule has 0 radical (unpaired) electrons. The summed E-state index contributed by atoms with van der Waals surface area (Å²) in [5, 5.41) is 2.91. The van der Waals surface area contributed by atoms with E-state index in [-0.39, 0.29) is 17.7 Å². The van der Waals surface area contributed by atoms with Gasteiger partial charge in [0.05, 0.1) is 16.8 Å². The van der Waals surface area contributed by atoms with Crippen molar-refractivity contribution in [3.05, 3.63) is 95.1 Å². The van der Waals surface area contributed by atoms with Crippen molar-refractivity contribution >= 4 is 29.1 Å². The third kappa shape index (κ3) is 2.97. The monoisotopic (exact) mass is 370 g/mol. The summed E-state index contributed by atoms with van der Waals surface area (Å²) in [4.78, 5) is 39.2. The van der Waals surface area contributed by atoms with Crippen LogP contribution in [0.3, 0.4) is 0 Å². The van der Waals surface area contributed by atoms with Crippen molar-refractivity contribution in [3.8, 4) is 0 Å². The van der Waals surface area contributed by atoms with Gasteiger partial charge in [0, 0.05) is 11.3 Å². The Kier molecular flexibility index (Phi) is 4.49. The Morgan fingerprint density at radius 1 is 0.857 bits per heavy atom. The standard InChI is InChI=1S/C23H18N2O3/c1-2-15-8-3-6-13-20(15)24-21(26)16-9-7-10-17(14-16)25-22(27)18-11-4-5-12-19(18)23(25)28/h3-14H,2H2,1H3,(H,24,26). The SMILES string of the molecule is CCc1ccccc1NC(=O)c1cccc(N2C(=O)c3ccccc3C2=O)c1. The predicted octanol–water partition coefficient (Wildman–Crippen LogP) is 4.30. The zero-order valence-corrected chi connectivity index (χ0v) is 15.3. The minimum absolute atomic E-state index is 0.292. The van der Waals surface area contributed by atoms with Crippen molar-refractivity contribution in [2.45, 2.75) is 13.3 Å². The molecular formula is C23H18N2O3. The van der Waals surface area contributed by atoms with Gasteiger partial charge in [-0.25, -0.2) is 4.90 Å². The third-order valence-electron chi connectivity index (χ3n) is 4.81. The smallest absolute Gasteiger partial charge is 0.266 e. The fourth-order valence-corrected chi connectivity index (χ4v) is 3.36. The summed E-state index contributed by atoms with van der Waals surface area (Å²) in [7, 11) is 0. The second-order valence-corrected chi connectivity index (χ2v) is 6.51. The van der Waals surface area contributed by atoms with Gasteiger partial charge in [0.2, 0.25) is 0 Å². The largest absolute Gasteiger partial charge is 0.322 e. The van der Waals surface area contributed by atoms with Crippen LogP contribution < -0.4 is 10.2 Å². The lowest BCUT2D eigenvalue weighted by atomic mass is 10.1. The normalized spacial score (nSPS) is 12.8. The minimum Gasteiger partial charge on any atom is -0.322 e. The van der Waals surface area contributed by atoms with Crippen LogP contribution in [0, 0.1) is 0 Å². The highest BCUT2D eigenvalue weighted by atomic mass is 16.2. The number of para-hydroxylation sites is 1. The molecule has 0 spiro atoms. The van der Waals surface area contributed by atoms with Gasteiger partial charge in [-0.1, -0.05) is 43.3 Å². The molecule has 138 valence electrons. The molecule has 0 fully saturated rings. The summed E-state index contributed by atoms with van der Waals surface area (Å²) in [6, 6.07) is 20.9. The summed E-state index contributed by atoms with van der Waals surface area (Å²) < 4.78 is 0. The molecule has 4 rings (SSSR count). The topological polar surface area (TPSA) is 66.5 Å². The van der Waals surface area contributed by atoms with E-state index in [1.54, 1.807) is 48.5 Å². The van der Waals surface area contributed by atoms with E-state index in [9.17, 15) is 14.4 Å². The molecule has 0 unspecified atom stereocenters. The van der Waals surface area contributed by atoms with Gasteiger partial charge in [-0.3, -0.25) is 14.4 Å². The van der Waals surface area contributed by atoms with E-state index in [1.807, 2.05) is 31.2 Å². The molecule has 5 heteroatoms. The second kappa shape index (κ2) is 7.12. The summed E-state index contributed by atoms with van der Waals surface area (Å²) in [6.45, 7) is 2.02. The van der Waals surface area contributed by atoms with E-state index in [2.05, 4.69) is 5.32 Å². The van der Waals surface area contributed by atoms with E-state index in [4.69, 9.17) is 0 Å². The van der Waals surface area contributed by atoms with Crippen LogP contribution in [0.15, 0.2) is 72.8 Å². The van der Waals surface area contributed by atoms with Crippen molar-refractivity contribution in [3.63, 3.8) is 0 Å². The molecule has 0 bridgehead atoms.